The van der Waals surface area contributed by atoms with Gasteiger partial charge in [0.15, 0.2) is 0 Å². The van der Waals surface area contributed by atoms with E-state index in [2.05, 4.69) is 46.3 Å². The Morgan fingerprint density at radius 1 is 1.16 bits per heavy atom. The number of rotatable bonds is 4. The second kappa shape index (κ2) is 10.3. The Morgan fingerprint density at radius 2 is 2.00 bits per heavy atom. The number of benzene rings is 1. The first-order valence-corrected chi connectivity index (χ1v) is 13.8. The largest absolute Gasteiger partial charge is 0.342 e. The lowest BCUT2D eigenvalue weighted by atomic mass is 9.80. The van der Waals surface area contributed by atoms with E-state index in [4.69, 9.17) is 20.8 Å². The summed E-state index contributed by atoms with van der Waals surface area (Å²) >= 11 is 0. The predicted octanol–water partition coefficient (Wildman–Crippen LogP) is 3.40. The Hall–Kier alpha value is -3.64. The summed E-state index contributed by atoms with van der Waals surface area (Å²) < 4.78 is 3.49. The fraction of sp³-hybridized carbons (Fsp3) is 0.517. The number of hydrogen-bond donors (Lipinski definition) is 2. The molecular formula is C29H36N8O. The first kappa shape index (κ1) is 24.7. The molecule has 1 aliphatic carbocycles. The van der Waals surface area contributed by atoms with Crippen LogP contribution in [0.2, 0.25) is 0 Å². The number of nitrogens with zero attached hydrogens (tertiary/aromatic N) is 6. The Kier molecular flexibility index (Phi) is 6.66. The number of imidazole rings is 1. The zero-order valence-corrected chi connectivity index (χ0v) is 22.3. The molecule has 3 aliphatic rings. The van der Waals surface area contributed by atoms with E-state index in [1.165, 1.54) is 18.4 Å². The van der Waals surface area contributed by atoms with Crippen LogP contribution in [0.1, 0.15) is 62.6 Å². The van der Waals surface area contributed by atoms with Crippen molar-refractivity contribution in [3.8, 4) is 11.8 Å². The van der Waals surface area contributed by atoms with Crippen LogP contribution in [0.3, 0.4) is 0 Å². The van der Waals surface area contributed by atoms with E-state index in [9.17, 15) is 4.79 Å². The lowest BCUT2D eigenvalue weighted by Crippen LogP contribution is -2.44. The molecule has 0 amide bonds. The number of nitrogens with one attached hydrogen (secondary N) is 1. The van der Waals surface area contributed by atoms with Gasteiger partial charge in [0, 0.05) is 30.7 Å². The lowest BCUT2D eigenvalue weighted by Gasteiger charge is -2.31. The van der Waals surface area contributed by atoms with Crippen molar-refractivity contribution in [3.05, 3.63) is 45.9 Å². The number of nitrogens with two attached hydrogens (primary N) is 1. The summed E-state index contributed by atoms with van der Waals surface area (Å²) in [6, 6.07) is 8.79. The molecule has 2 aromatic heterocycles. The molecule has 1 saturated carbocycles. The van der Waals surface area contributed by atoms with Gasteiger partial charge in [0.1, 0.15) is 23.4 Å². The molecule has 1 saturated heterocycles. The fourth-order valence-electron chi connectivity index (χ4n) is 6.33. The number of hydrogen-bond acceptors (Lipinski definition) is 7. The van der Waals surface area contributed by atoms with E-state index in [1.54, 1.807) is 4.68 Å². The van der Waals surface area contributed by atoms with Gasteiger partial charge in [-0.15, -0.1) is 5.92 Å². The summed E-state index contributed by atoms with van der Waals surface area (Å²) in [5.74, 6) is 8.05. The van der Waals surface area contributed by atoms with E-state index in [1.807, 2.05) is 18.4 Å². The molecule has 9 nitrogen and oxygen atoms in total. The third-order valence-corrected chi connectivity index (χ3v) is 8.14. The van der Waals surface area contributed by atoms with Gasteiger partial charge in [0.2, 0.25) is 5.95 Å². The summed E-state index contributed by atoms with van der Waals surface area (Å²) in [6.07, 6.45) is 6.62. The molecule has 1 aromatic carbocycles. The Morgan fingerprint density at radius 3 is 2.84 bits per heavy atom. The van der Waals surface area contributed by atoms with Crippen LogP contribution >= 0.6 is 0 Å². The molecule has 2 fully saturated rings. The lowest BCUT2D eigenvalue weighted by molar-refractivity contribution is 0.389. The minimum Gasteiger partial charge on any atom is -0.342 e. The topological polar surface area (TPSA) is 106 Å². The Labute approximate surface area is 223 Å². The summed E-state index contributed by atoms with van der Waals surface area (Å²) in [5, 5.41) is 8.26. The van der Waals surface area contributed by atoms with Gasteiger partial charge in [0.05, 0.1) is 18.3 Å². The number of piperidine rings is 1. The van der Waals surface area contributed by atoms with Crippen molar-refractivity contribution >= 4 is 28.5 Å². The van der Waals surface area contributed by atoms with Crippen LogP contribution in [-0.2, 0) is 13.1 Å². The maximum Gasteiger partial charge on any atom is 0.293 e. The molecule has 4 heterocycles. The van der Waals surface area contributed by atoms with E-state index < -0.39 is 0 Å². The number of anilines is 2. The summed E-state index contributed by atoms with van der Waals surface area (Å²) in [5.41, 5.74) is 10.4. The highest BCUT2D eigenvalue weighted by molar-refractivity contribution is 5.97. The molecule has 0 radical (unpaired) electrons. The minimum atomic E-state index is -0.175. The van der Waals surface area contributed by atoms with E-state index in [0.717, 1.165) is 55.4 Å². The summed E-state index contributed by atoms with van der Waals surface area (Å²) in [6.45, 7) is 5.98. The molecule has 6 rings (SSSR count). The van der Waals surface area contributed by atoms with Crippen LogP contribution in [0.15, 0.2) is 34.1 Å². The third kappa shape index (κ3) is 4.47. The average molecular weight is 513 g/mol. The highest BCUT2D eigenvalue weighted by atomic mass is 16.1. The van der Waals surface area contributed by atoms with E-state index >= 15 is 0 Å². The van der Waals surface area contributed by atoms with Crippen molar-refractivity contribution in [1.29, 1.82) is 0 Å². The monoisotopic (exact) mass is 512 g/mol. The van der Waals surface area contributed by atoms with Crippen molar-refractivity contribution in [1.82, 2.24) is 19.3 Å². The van der Waals surface area contributed by atoms with Gasteiger partial charge in [-0.1, -0.05) is 37.0 Å². The maximum absolute atomic E-state index is 14.0. The van der Waals surface area contributed by atoms with Crippen molar-refractivity contribution in [2.45, 2.75) is 83.5 Å². The molecule has 3 N–H and O–H groups in total. The van der Waals surface area contributed by atoms with E-state index in [-0.39, 0.29) is 24.2 Å². The second-order valence-corrected chi connectivity index (χ2v) is 10.8. The molecule has 38 heavy (non-hydrogen) atoms. The molecule has 3 atom stereocenters. The van der Waals surface area contributed by atoms with Gasteiger partial charge >= 0.3 is 0 Å². The third-order valence-electron chi connectivity index (χ3n) is 8.14. The fourth-order valence-corrected chi connectivity index (χ4v) is 6.33. The van der Waals surface area contributed by atoms with Gasteiger partial charge in [-0.2, -0.15) is 5.10 Å². The summed E-state index contributed by atoms with van der Waals surface area (Å²) in [7, 11) is 0. The number of aryl methyl sites for hydroxylation is 1. The number of aliphatic imine (C=N–C) groups is 1. The van der Waals surface area contributed by atoms with Gasteiger partial charge in [-0.3, -0.25) is 14.4 Å². The first-order chi connectivity index (χ1) is 18.5. The number of fused-ring (bicyclic) bond motifs is 4. The van der Waals surface area contributed by atoms with Crippen LogP contribution < -0.4 is 21.5 Å². The smallest absolute Gasteiger partial charge is 0.293 e. The van der Waals surface area contributed by atoms with Gasteiger partial charge in [0.25, 0.3) is 5.56 Å². The van der Waals surface area contributed by atoms with Crippen LogP contribution in [0.5, 0.6) is 0 Å². The van der Waals surface area contributed by atoms with Crippen LogP contribution in [0.25, 0.3) is 11.0 Å². The molecule has 9 heteroatoms. The van der Waals surface area contributed by atoms with Crippen molar-refractivity contribution in [2.24, 2.45) is 10.7 Å². The van der Waals surface area contributed by atoms with Crippen molar-refractivity contribution < 1.29 is 0 Å². The Balaban J connectivity index is 1.42. The van der Waals surface area contributed by atoms with E-state index in [0.29, 0.717) is 30.0 Å². The number of para-hydroxylation sites is 1. The van der Waals surface area contributed by atoms with Gasteiger partial charge in [-0.25, -0.2) is 9.67 Å². The zero-order chi connectivity index (χ0) is 26.2. The molecule has 2 aliphatic heterocycles. The first-order valence-electron chi connectivity index (χ1n) is 13.8. The SMILES string of the molecule is CC#CCn1c(N2CCCC(N)C2)nc2c(C)nn(CC3=NC4CCCCC4c4ccccc4N3)c(=O)c21. The zero-order valence-electron chi connectivity index (χ0n) is 22.3. The molecular weight excluding hydrogens is 476 g/mol. The molecule has 3 aromatic rings. The Bertz CT molecular complexity index is 1510. The van der Waals surface area contributed by atoms with Gasteiger partial charge < -0.3 is 16.0 Å². The van der Waals surface area contributed by atoms with Crippen molar-refractivity contribution in [3.63, 3.8) is 0 Å². The predicted molar refractivity (Wildman–Crippen MR) is 152 cm³/mol. The summed E-state index contributed by atoms with van der Waals surface area (Å²) in [4.78, 5) is 26.2. The molecule has 0 bridgehead atoms. The number of aromatic nitrogens is 4. The standard InChI is InChI=1S/C29H36N8O/c1-3-4-16-36-27-26(33-29(36)35-15-9-10-20(30)17-35)19(2)34-37(28(27)38)18-25-31-23-13-7-5-11-21(23)22-12-6-8-14-24(22)32-25/h5,7,11,13,20,22,24H,6,8-10,12,14-18,30H2,1-2H3,(H,31,32). The normalized spacial score (nSPS) is 23.0. The average Bonchev–Trinajstić information content (AvgIpc) is 3.23. The van der Waals surface area contributed by atoms with Crippen molar-refractivity contribution in [2.75, 3.05) is 23.3 Å². The van der Waals surface area contributed by atoms with Crippen LogP contribution in [0, 0.1) is 18.8 Å². The maximum atomic E-state index is 14.0. The minimum absolute atomic E-state index is 0.0935. The highest BCUT2D eigenvalue weighted by Gasteiger charge is 2.31. The van der Waals surface area contributed by atoms with Crippen LogP contribution in [-0.4, -0.2) is 50.3 Å². The second-order valence-electron chi connectivity index (χ2n) is 10.8. The van der Waals surface area contributed by atoms with Gasteiger partial charge in [-0.05, 0) is 51.2 Å². The number of amidine groups is 1. The molecule has 3 unspecified atom stereocenters. The quantitative estimate of drug-likeness (QED) is 0.519. The highest BCUT2D eigenvalue weighted by Crippen LogP contribution is 2.40. The van der Waals surface area contributed by atoms with Crippen LogP contribution in [0.4, 0.5) is 11.6 Å². The molecule has 198 valence electrons. The molecule has 0 spiro atoms.